The maximum Gasteiger partial charge on any atom is 0.321 e. The summed E-state index contributed by atoms with van der Waals surface area (Å²) in [6.07, 6.45) is 0.963. The second-order valence-electron chi connectivity index (χ2n) is 4.42. The monoisotopic (exact) mass is 249 g/mol. The number of hydrogen-bond acceptors (Lipinski definition) is 2. The van der Waals surface area contributed by atoms with Crippen molar-refractivity contribution in [1.29, 1.82) is 0 Å². The topological polar surface area (TPSA) is 58.4 Å². The van der Waals surface area contributed by atoms with E-state index in [-0.39, 0.29) is 12.1 Å². The summed E-state index contributed by atoms with van der Waals surface area (Å²) < 4.78 is 0. The summed E-state index contributed by atoms with van der Waals surface area (Å²) in [7, 11) is 0. The molecule has 2 amide bonds. The minimum atomic E-state index is -0.0482. The third-order valence-electron chi connectivity index (χ3n) is 2.85. The van der Waals surface area contributed by atoms with Gasteiger partial charge in [-0.05, 0) is 38.0 Å². The molecule has 100 valence electrons. The molecular weight excluding hydrogens is 226 g/mol. The molecule has 1 unspecified atom stereocenters. The van der Waals surface area contributed by atoms with Gasteiger partial charge in [0.15, 0.2) is 0 Å². The summed E-state index contributed by atoms with van der Waals surface area (Å²) >= 11 is 0. The lowest BCUT2D eigenvalue weighted by Gasteiger charge is -2.20. The van der Waals surface area contributed by atoms with Crippen LogP contribution in [0.3, 0.4) is 0 Å². The number of urea groups is 1. The molecule has 0 aliphatic heterocycles. The van der Waals surface area contributed by atoms with E-state index in [1.807, 2.05) is 38.1 Å². The molecule has 1 aromatic rings. The zero-order valence-corrected chi connectivity index (χ0v) is 11.4. The first-order chi connectivity index (χ1) is 8.58. The van der Waals surface area contributed by atoms with Crippen molar-refractivity contribution in [1.82, 2.24) is 4.90 Å². The average molecular weight is 249 g/mol. The van der Waals surface area contributed by atoms with Gasteiger partial charge in [-0.1, -0.05) is 19.1 Å². The summed E-state index contributed by atoms with van der Waals surface area (Å²) in [5, 5.41) is 2.89. The maximum atomic E-state index is 11.9. The zero-order chi connectivity index (χ0) is 13.5. The number of nitrogens with two attached hydrogens (primary N) is 1. The number of benzene rings is 1. The number of hydrogen-bond donors (Lipinski definition) is 2. The lowest BCUT2D eigenvalue weighted by Crippen LogP contribution is -2.35. The van der Waals surface area contributed by atoms with E-state index in [4.69, 9.17) is 5.73 Å². The summed E-state index contributed by atoms with van der Waals surface area (Å²) in [6, 6.07) is 7.62. The molecule has 0 bridgehead atoms. The highest BCUT2D eigenvalue weighted by molar-refractivity contribution is 5.89. The predicted octanol–water partition coefficient (Wildman–Crippen LogP) is 2.97. The van der Waals surface area contributed by atoms with Crippen LogP contribution in [0.15, 0.2) is 24.3 Å². The molecule has 0 fully saturated rings. The van der Waals surface area contributed by atoms with Crippen molar-refractivity contribution in [2.24, 2.45) is 5.73 Å². The van der Waals surface area contributed by atoms with E-state index in [0.717, 1.165) is 30.8 Å². The second kappa shape index (κ2) is 7.01. The van der Waals surface area contributed by atoms with Crippen LogP contribution in [0.2, 0.25) is 0 Å². The van der Waals surface area contributed by atoms with Crippen molar-refractivity contribution in [3.05, 3.63) is 29.8 Å². The molecule has 0 radical (unpaired) electrons. The highest BCUT2D eigenvalue weighted by Gasteiger charge is 2.10. The van der Waals surface area contributed by atoms with Gasteiger partial charge in [-0.3, -0.25) is 0 Å². The van der Waals surface area contributed by atoms with Crippen molar-refractivity contribution in [2.45, 2.75) is 33.2 Å². The van der Waals surface area contributed by atoms with Crippen LogP contribution in [0.25, 0.3) is 0 Å². The van der Waals surface area contributed by atoms with Gasteiger partial charge in [0.1, 0.15) is 0 Å². The molecule has 18 heavy (non-hydrogen) atoms. The van der Waals surface area contributed by atoms with Gasteiger partial charge in [0.05, 0.1) is 0 Å². The Balaban J connectivity index is 2.63. The summed E-state index contributed by atoms with van der Waals surface area (Å²) in [6.45, 7) is 7.48. The standard InChI is InChI=1S/C14H23N3O/c1-4-10-17(5-2)14(18)16-13-8-6-12(7-9-13)11(3)15/h6-9,11H,4-5,10,15H2,1-3H3,(H,16,18). The van der Waals surface area contributed by atoms with Crippen LogP contribution in [0.4, 0.5) is 10.5 Å². The quantitative estimate of drug-likeness (QED) is 0.842. The number of amides is 2. The highest BCUT2D eigenvalue weighted by atomic mass is 16.2. The van der Waals surface area contributed by atoms with Gasteiger partial charge in [0.25, 0.3) is 0 Å². The van der Waals surface area contributed by atoms with Crippen LogP contribution < -0.4 is 11.1 Å². The van der Waals surface area contributed by atoms with Gasteiger partial charge >= 0.3 is 6.03 Å². The first kappa shape index (κ1) is 14.5. The lowest BCUT2D eigenvalue weighted by atomic mass is 10.1. The Kier molecular flexibility index (Phi) is 5.65. The Labute approximate surface area is 109 Å². The molecule has 1 atom stereocenters. The molecule has 0 aromatic heterocycles. The summed E-state index contributed by atoms with van der Waals surface area (Å²) in [5.74, 6) is 0. The van der Waals surface area contributed by atoms with Crippen molar-refractivity contribution in [3.63, 3.8) is 0 Å². The number of carbonyl (C=O) groups is 1. The Hall–Kier alpha value is -1.55. The fourth-order valence-corrected chi connectivity index (χ4v) is 1.75. The van der Waals surface area contributed by atoms with E-state index >= 15 is 0 Å². The largest absolute Gasteiger partial charge is 0.325 e. The Morgan fingerprint density at radius 2 is 1.94 bits per heavy atom. The molecule has 0 aliphatic carbocycles. The molecule has 4 nitrogen and oxygen atoms in total. The molecule has 0 saturated carbocycles. The van der Waals surface area contributed by atoms with E-state index in [0.29, 0.717) is 0 Å². The van der Waals surface area contributed by atoms with Crippen molar-refractivity contribution in [2.75, 3.05) is 18.4 Å². The van der Waals surface area contributed by atoms with Crippen LogP contribution in [0, 0.1) is 0 Å². The van der Waals surface area contributed by atoms with Crippen molar-refractivity contribution < 1.29 is 4.79 Å². The van der Waals surface area contributed by atoms with Crippen LogP contribution in [0.5, 0.6) is 0 Å². The van der Waals surface area contributed by atoms with Crippen molar-refractivity contribution >= 4 is 11.7 Å². The molecule has 1 aromatic carbocycles. The minimum absolute atomic E-state index is 0.0157. The Morgan fingerprint density at radius 3 is 2.39 bits per heavy atom. The van der Waals surface area contributed by atoms with Gasteiger partial charge in [-0.15, -0.1) is 0 Å². The SMILES string of the molecule is CCCN(CC)C(=O)Nc1ccc(C(C)N)cc1. The lowest BCUT2D eigenvalue weighted by molar-refractivity contribution is 0.214. The predicted molar refractivity (Wildman–Crippen MR) is 75.6 cm³/mol. The van der Waals surface area contributed by atoms with Crippen LogP contribution in [-0.2, 0) is 0 Å². The van der Waals surface area contributed by atoms with Gasteiger partial charge in [0, 0.05) is 24.8 Å². The zero-order valence-electron chi connectivity index (χ0n) is 11.4. The second-order valence-corrected chi connectivity index (χ2v) is 4.42. The van der Waals surface area contributed by atoms with E-state index in [1.54, 1.807) is 4.90 Å². The molecule has 4 heteroatoms. The number of nitrogens with zero attached hydrogens (tertiary/aromatic N) is 1. The minimum Gasteiger partial charge on any atom is -0.325 e. The Morgan fingerprint density at radius 1 is 1.33 bits per heavy atom. The molecule has 0 spiro atoms. The number of rotatable bonds is 5. The molecule has 0 saturated heterocycles. The Bertz CT molecular complexity index is 373. The van der Waals surface area contributed by atoms with Crippen LogP contribution in [0.1, 0.15) is 38.8 Å². The highest BCUT2D eigenvalue weighted by Crippen LogP contribution is 2.14. The normalized spacial score (nSPS) is 12.0. The van der Waals surface area contributed by atoms with E-state index in [1.165, 1.54) is 0 Å². The maximum absolute atomic E-state index is 11.9. The first-order valence-electron chi connectivity index (χ1n) is 6.50. The molecule has 1 rings (SSSR count). The fourth-order valence-electron chi connectivity index (χ4n) is 1.75. The third-order valence-corrected chi connectivity index (χ3v) is 2.85. The summed E-state index contributed by atoms with van der Waals surface area (Å²) in [5.41, 5.74) is 7.65. The van der Waals surface area contributed by atoms with E-state index in [9.17, 15) is 4.79 Å². The number of nitrogens with one attached hydrogen (secondary N) is 1. The first-order valence-corrected chi connectivity index (χ1v) is 6.50. The van der Waals surface area contributed by atoms with Gasteiger partial charge in [-0.2, -0.15) is 0 Å². The number of carbonyl (C=O) groups excluding carboxylic acids is 1. The van der Waals surface area contributed by atoms with Crippen LogP contribution >= 0.6 is 0 Å². The average Bonchev–Trinajstić information content (AvgIpc) is 2.36. The third kappa shape index (κ3) is 4.04. The number of anilines is 1. The smallest absolute Gasteiger partial charge is 0.321 e. The van der Waals surface area contributed by atoms with Gasteiger partial charge in [0.2, 0.25) is 0 Å². The van der Waals surface area contributed by atoms with Crippen molar-refractivity contribution in [3.8, 4) is 0 Å². The fraction of sp³-hybridized carbons (Fsp3) is 0.500. The van der Waals surface area contributed by atoms with E-state index in [2.05, 4.69) is 12.2 Å². The van der Waals surface area contributed by atoms with Gasteiger partial charge in [-0.25, -0.2) is 4.79 Å². The van der Waals surface area contributed by atoms with Crippen LogP contribution in [-0.4, -0.2) is 24.0 Å². The molecular formula is C14H23N3O. The summed E-state index contributed by atoms with van der Waals surface area (Å²) in [4.78, 5) is 13.7. The molecule has 0 heterocycles. The molecule has 3 N–H and O–H groups in total. The van der Waals surface area contributed by atoms with E-state index < -0.39 is 0 Å². The van der Waals surface area contributed by atoms with Gasteiger partial charge < -0.3 is 16.0 Å². The molecule has 0 aliphatic rings.